The molecule has 1 atom stereocenters. The number of likely N-dealkylation sites (tertiary alicyclic amines) is 1. The van der Waals surface area contributed by atoms with E-state index in [1.54, 1.807) is 7.11 Å². The Morgan fingerprint density at radius 3 is 2.74 bits per heavy atom. The van der Waals surface area contributed by atoms with E-state index in [1.165, 1.54) is 37.1 Å². The van der Waals surface area contributed by atoms with Crippen molar-refractivity contribution in [2.75, 3.05) is 20.2 Å². The smallest absolute Gasteiger partial charge is 0.123 e. The highest BCUT2D eigenvalue weighted by Crippen LogP contribution is 2.27. The maximum absolute atomic E-state index is 10.6. The van der Waals surface area contributed by atoms with Gasteiger partial charge in [0, 0.05) is 18.5 Å². The predicted molar refractivity (Wildman–Crippen MR) is 76.6 cm³/mol. The van der Waals surface area contributed by atoms with Crippen LogP contribution in [0.3, 0.4) is 0 Å². The van der Waals surface area contributed by atoms with Crippen LogP contribution < -0.4 is 4.74 Å². The Balaban J connectivity index is 2.17. The first-order valence-electron chi connectivity index (χ1n) is 7.07. The molecule has 3 nitrogen and oxygen atoms in total. The van der Waals surface area contributed by atoms with Gasteiger partial charge in [0.05, 0.1) is 7.11 Å². The fourth-order valence-electron chi connectivity index (χ4n) is 2.69. The Kier molecular flexibility index (Phi) is 4.97. The highest BCUT2D eigenvalue weighted by molar-refractivity contribution is 5.52. The first kappa shape index (κ1) is 14.1. The van der Waals surface area contributed by atoms with Gasteiger partial charge in [-0.2, -0.15) is 0 Å². The van der Waals surface area contributed by atoms with Crippen LogP contribution in [0.5, 0.6) is 5.75 Å². The fraction of sp³-hybridized carbons (Fsp3) is 0.562. The van der Waals surface area contributed by atoms with Gasteiger partial charge in [-0.1, -0.05) is 19.1 Å². The van der Waals surface area contributed by atoms with Gasteiger partial charge in [0.25, 0.3) is 0 Å². The minimum atomic E-state index is 0.278. The van der Waals surface area contributed by atoms with Crippen LogP contribution in [-0.4, -0.2) is 31.4 Å². The highest BCUT2D eigenvalue weighted by Gasteiger charge is 2.15. The maximum Gasteiger partial charge on any atom is 0.123 e. The Morgan fingerprint density at radius 2 is 2.11 bits per heavy atom. The number of benzene rings is 1. The van der Waals surface area contributed by atoms with Gasteiger partial charge >= 0.3 is 0 Å². The number of hydrogen-bond donors (Lipinski definition) is 0. The van der Waals surface area contributed by atoms with Crippen molar-refractivity contribution in [1.29, 1.82) is 0 Å². The number of aldehydes is 1. The summed E-state index contributed by atoms with van der Waals surface area (Å²) in [4.78, 5) is 13.1. The largest absolute Gasteiger partial charge is 0.496 e. The molecule has 0 aromatic heterocycles. The summed E-state index contributed by atoms with van der Waals surface area (Å²) in [6, 6.07) is 6.30. The predicted octanol–water partition coefficient (Wildman–Crippen LogP) is 2.98. The van der Waals surface area contributed by atoms with Gasteiger partial charge in [0.2, 0.25) is 0 Å². The molecule has 0 radical (unpaired) electrons. The highest BCUT2D eigenvalue weighted by atomic mass is 16.5. The Bertz CT molecular complexity index is 425. The van der Waals surface area contributed by atoms with Gasteiger partial charge in [0.1, 0.15) is 12.0 Å². The van der Waals surface area contributed by atoms with Crippen LogP contribution >= 0.6 is 0 Å². The average molecular weight is 261 g/mol. The topological polar surface area (TPSA) is 29.5 Å². The molecule has 0 aliphatic carbocycles. The van der Waals surface area contributed by atoms with Crippen molar-refractivity contribution in [2.45, 2.75) is 38.6 Å². The third-order valence-electron chi connectivity index (χ3n) is 3.92. The van der Waals surface area contributed by atoms with Crippen molar-refractivity contribution in [3.05, 3.63) is 29.3 Å². The van der Waals surface area contributed by atoms with Gasteiger partial charge in [-0.15, -0.1) is 0 Å². The number of ether oxygens (including phenoxy) is 1. The summed E-state index contributed by atoms with van der Waals surface area (Å²) in [6.45, 7) is 5.40. The number of carbonyl (C=O) groups excluding carboxylic acids is 1. The van der Waals surface area contributed by atoms with Crippen molar-refractivity contribution in [1.82, 2.24) is 4.90 Å². The lowest BCUT2D eigenvalue weighted by atomic mass is 9.96. The summed E-state index contributed by atoms with van der Waals surface area (Å²) < 4.78 is 5.45. The molecule has 0 spiro atoms. The molecule has 0 saturated carbocycles. The summed E-state index contributed by atoms with van der Waals surface area (Å²) >= 11 is 0. The molecule has 1 aromatic rings. The van der Waals surface area contributed by atoms with Crippen LogP contribution in [0, 0.1) is 0 Å². The SMILES string of the molecule is COc1ccc(C(C)CC=O)cc1CN1CCCC1. The Labute approximate surface area is 115 Å². The molecule has 3 heteroatoms. The summed E-state index contributed by atoms with van der Waals surface area (Å²) in [5, 5.41) is 0. The van der Waals surface area contributed by atoms with Gasteiger partial charge < -0.3 is 9.53 Å². The molecule has 1 aliphatic rings. The quantitative estimate of drug-likeness (QED) is 0.737. The second-order valence-corrected chi connectivity index (χ2v) is 5.36. The normalized spacial score (nSPS) is 17.4. The van der Waals surface area contributed by atoms with E-state index >= 15 is 0 Å². The standard InChI is InChI=1S/C16H23NO2/c1-13(7-10-18)14-5-6-16(19-2)15(11-14)12-17-8-3-4-9-17/h5-6,10-11,13H,3-4,7-9,12H2,1-2H3. The molecule has 1 heterocycles. The summed E-state index contributed by atoms with van der Waals surface area (Å²) in [6.07, 6.45) is 4.16. The van der Waals surface area contributed by atoms with E-state index < -0.39 is 0 Å². The maximum atomic E-state index is 10.6. The molecular formula is C16H23NO2. The third kappa shape index (κ3) is 3.57. The molecule has 1 aliphatic heterocycles. The zero-order chi connectivity index (χ0) is 13.7. The molecule has 1 unspecified atom stereocenters. The Morgan fingerprint density at radius 1 is 1.37 bits per heavy atom. The lowest BCUT2D eigenvalue weighted by Crippen LogP contribution is -2.19. The summed E-state index contributed by atoms with van der Waals surface area (Å²) in [5.74, 6) is 1.23. The summed E-state index contributed by atoms with van der Waals surface area (Å²) in [7, 11) is 1.72. The lowest BCUT2D eigenvalue weighted by molar-refractivity contribution is -0.108. The molecule has 104 valence electrons. The number of methoxy groups -OCH3 is 1. The van der Waals surface area contributed by atoms with Crippen molar-refractivity contribution in [2.24, 2.45) is 0 Å². The van der Waals surface area contributed by atoms with E-state index in [2.05, 4.69) is 24.0 Å². The monoisotopic (exact) mass is 261 g/mol. The first-order chi connectivity index (χ1) is 9.24. The number of carbonyl (C=O) groups is 1. The molecule has 0 amide bonds. The molecule has 1 aromatic carbocycles. The molecule has 19 heavy (non-hydrogen) atoms. The average Bonchev–Trinajstić information content (AvgIpc) is 2.92. The zero-order valence-corrected chi connectivity index (χ0v) is 11.9. The summed E-state index contributed by atoms with van der Waals surface area (Å²) in [5.41, 5.74) is 2.46. The van der Waals surface area contributed by atoms with Crippen molar-refractivity contribution in [3.8, 4) is 5.75 Å². The van der Waals surface area contributed by atoms with E-state index in [-0.39, 0.29) is 5.92 Å². The van der Waals surface area contributed by atoms with Crippen LogP contribution in [0.2, 0.25) is 0 Å². The second kappa shape index (κ2) is 6.71. The zero-order valence-electron chi connectivity index (χ0n) is 11.9. The molecule has 1 saturated heterocycles. The minimum absolute atomic E-state index is 0.278. The second-order valence-electron chi connectivity index (χ2n) is 5.36. The van der Waals surface area contributed by atoms with Crippen LogP contribution in [-0.2, 0) is 11.3 Å². The van der Waals surface area contributed by atoms with E-state index in [1.807, 2.05) is 6.07 Å². The molecular weight excluding hydrogens is 238 g/mol. The van der Waals surface area contributed by atoms with Crippen LogP contribution in [0.4, 0.5) is 0 Å². The van der Waals surface area contributed by atoms with Crippen LogP contribution in [0.1, 0.15) is 43.2 Å². The fourth-order valence-corrected chi connectivity index (χ4v) is 2.69. The van der Waals surface area contributed by atoms with Gasteiger partial charge in [-0.3, -0.25) is 4.90 Å². The Hall–Kier alpha value is -1.35. The van der Waals surface area contributed by atoms with Crippen molar-refractivity contribution >= 4 is 6.29 Å². The van der Waals surface area contributed by atoms with Crippen LogP contribution in [0.15, 0.2) is 18.2 Å². The first-order valence-corrected chi connectivity index (χ1v) is 7.07. The molecule has 0 bridgehead atoms. The van der Waals surface area contributed by atoms with Crippen LogP contribution in [0.25, 0.3) is 0 Å². The minimum Gasteiger partial charge on any atom is -0.496 e. The lowest BCUT2D eigenvalue weighted by Gasteiger charge is -2.19. The number of hydrogen-bond acceptors (Lipinski definition) is 3. The van der Waals surface area contributed by atoms with E-state index in [9.17, 15) is 4.79 Å². The van der Waals surface area contributed by atoms with Crippen molar-refractivity contribution in [3.63, 3.8) is 0 Å². The third-order valence-corrected chi connectivity index (χ3v) is 3.92. The van der Waals surface area contributed by atoms with Crippen molar-refractivity contribution < 1.29 is 9.53 Å². The van der Waals surface area contributed by atoms with E-state index in [0.717, 1.165) is 18.6 Å². The molecule has 2 rings (SSSR count). The van der Waals surface area contributed by atoms with Gasteiger partial charge in [-0.05, 0) is 43.5 Å². The van der Waals surface area contributed by atoms with E-state index in [4.69, 9.17) is 4.74 Å². The van der Waals surface area contributed by atoms with Gasteiger partial charge in [-0.25, -0.2) is 0 Å². The number of nitrogens with zero attached hydrogens (tertiary/aromatic N) is 1. The van der Waals surface area contributed by atoms with Gasteiger partial charge in [0.15, 0.2) is 0 Å². The molecule has 0 N–H and O–H groups in total. The number of rotatable bonds is 6. The van der Waals surface area contributed by atoms with E-state index in [0.29, 0.717) is 6.42 Å². The molecule has 1 fully saturated rings.